The maximum atomic E-state index is 12.2. The summed E-state index contributed by atoms with van der Waals surface area (Å²) in [7, 11) is 0. The van der Waals surface area contributed by atoms with Crippen LogP contribution in [0.1, 0.15) is 17.5 Å². The predicted molar refractivity (Wildman–Crippen MR) is 93.7 cm³/mol. The summed E-state index contributed by atoms with van der Waals surface area (Å²) < 4.78 is 5.50. The van der Waals surface area contributed by atoms with Crippen molar-refractivity contribution in [1.29, 1.82) is 0 Å². The first-order chi connectivity index (χ1) is 11.5. The van der Waals surface area contributed by atoms with Crippen LogP contribution in [-0.2, 0) is 16.0 Å². The van der Waals surface area contributed by atoms with E-state index in [1.165, 1.54) is 0 Å². The number of aryl methyl sites for hydroxylation is 1. The van der Waals surface area contributed by atoms with Gasteiger partial charge in [0, 0.05) is 10.7 Å². The monoisotopic (exact) mass is 344 g/mol. The molecular weight excluding hydrogens is 328 g/mol. The van der Waals surface area contributed by atoms with E-state index in [4.69, 9.17) is 16.3 Å². The van der Waals surface area contributed by atoms with Crippen LogP contribution in [0.5, 0.6) is 5.75 Å². The van der Waals surface area contributed by atoms with Crippen LogP contribution in [0.25, 0.3) is 0 Å². The summed E-state index contributed by atoms with van der Waals surface area (Å²) in [5.41, 5.74) is 2.99. The molecule has 2 aromatic rings. The Morgan fingerprint density at radius 2 is 2.12 bits per heavy atom. The second-order valence-corrected chi connectivity index (χ2v) is 6.07. The van der Waals surface area contributed by atoms with E-state index in [1.54, 1.807) is 18.2 Å². The quantitative estimate of drug-likeness (QED) is 0.894. The van der Waals surface area contributed by atoms with Gasteiger partial charge in [0.15, 0.2) is 0 Å². The highest BCUT2D eigenvalue weighted by Gasteiger charge is 2.15. The first-order valence-corrected chi connectivity index (χ1v) is 8.00. The van der Waals surface area contributed by atoms with Gasteiger partial charge in [-0.3, -0.25) is 9.59 Å². The van der Waals surface area contributed by atoms with E-state index in [0.717, 1.165) is 11.1 Å². The number of nitrogens with one attached hydrogen (secondary N) is 2. The molecular formula is C18H17ClN2O3. The molecule has 1 heterocycles. The minimum absolute atomic E-state index is 0.0929. The van der Waals surface area contributed by atoms with Crippen LogP contribution in [-0.4, -0.2) is 18.4 Å². The summed E-state index contributed by atoms with van der Waals surface area (Å²) in [5, 5.41) is 6.21. The third kappa shape index (κ3) is 3.86. The molecule has 0 unspecified atom stereocenters. The van der Waals surface area contributed by atoms with Crippen molar-refractivity contribution in [1.82, 2.24) is 0 Å². The zero-order valence-corrected chi connectivity index (χ0v) is 13.9. The third-order valence-electron chi connectivity index (χ3n) is 3.73. The molecule has 0 bridgehead atoms. The molecule has 2 amide bonds. The number of carbonyl (C=O) groups excluding carboxylic acids is 2. The Morgan fingerprint density at radius 1 is 1.29 bits per heavy atom. The number of carbonyl (C=O) groups is 2. The van der Waals surface area contributed by atoms with Gasteiger partial charge in [-0.1, -0.05) is 23.7 Å². The maximum absolute atomic E-state index is 12.2. The summed E-state index contributed by atoms with van der Waals surface area (Å²) in [5.74, 6) is 0.371. The molecule has 0 saturated carbocycles. The lowest BCUT2D eigenvalue weighted by Gasteiger charge is -2.10. The summed E-state index contributed by atoms with van der Waals surface area (Å²) in [6.45, 7) is 2.26. The first kappa shape index (κ1) is 16.3. The molecule has 6 heteroatoms. The standard InChI is InChI=1S/C18H17ClN2O3/c1-11-2-4-13(10-14(11)19)20-18(23)9-12-3-5-16-15(8-12)21-17(22)6-7-24-16/h2-5,8,10H,6-7,9H2,1H3,(H,20,23)(H,21,22). The molecule has 124 valence electrons. The van der Waals surface area contributed by atoms with Crippen molar-refractivity contribution < 1.29 is 14.3 Å². The van der Waals surface area contributed by atoms with E-state index in [9.17, 15) is 9.59 Å². The molecule has 0 saturated heterocycles. The minimum atomic E-state index is -0.157. The average molecular weight is 345 g/mol. The van der Waals surface area contributed by atoms with Gasteiger partial charge in [-0.05, 0) is 42.3 Å². The van der Waals surface area contributed by atoms with Crippen LogP contribution in [0.3, 0.4) is 0 Å². The molecule has 1 aliphatic heterocycles. The number of amides is 2. The van der Waals surface area contributed by atoms with Gasteiger partial charge in [0.25, 0.3) is 0 Å². The van der Waals surface area contributed by atoms with Crippen LogP contribution in [0.15, 0.2) is 36.4 Å². The molecule has 24 heavy (non-hydrogen) atoms. The van der Waals surface area contributed by atoms with Gasteiger partial charge in [0.05, 0.1) is 25.1 Å². The zero-order chi connectivity index (χ0) is 17.1. The second-order valence-electron chi connectivity index (χ2n) is 5.67. The summed E-state index contributed by atoms with van der Waals surface area (Å²) in [6.07, 6.45) is 0.507. The van der Waals surface area contributed by atoms with Crippen LogP contribution in [0, 0.1) is 6.92 Å². The van der Waals surface area contributed by atoms with Crippen molar-refractivity contribution in [3.05, 3.63) is 52.5 Å². The Hall–Kier alpha value is -2.53. The van der Waals surface area contributed by atoms with Crippen LogP contribution in [0.2, 0.25) is 5.02 Å². The number of anilines is 2. The Labute approximate surface area is 145 Å². The summed E-state index contributed by atoms with van der Waals surface area (Å²) in [4.78, 5) is 23.8. The van der Waals surface area contributed by atoms with Gasteiger partial charge < -0.3 is 15.4 Å². The lowest BCUT2D eigenvalue weighted by atomic mass is 10.1. The van der Waals surface area contributed by atoms with Gasteiger partial charge in [-0.25, -0.2) is 0 Å². The SMILES string of the molecule is Cc1ccc(NC(=O)Cc2ccc3c(c2)NC(=O)CCO3)cc1Cl. The Morgan fingerprint density at radius 3 is 2.92 bits per heavy atom. The van der Waals surface area contributed by atoms with E-state index < -0.39 is 0 Å². The highest BCUT2D eigenvalue weighted by Crippen LogP contribution is 2.28. The first-order valence-electron chi connectivity index (χ1n) is 7.63. The highest BCUT2D eigenvalue weighted by molar-refractivity contribution is 6.31. The molecule has 0 atom stereocenters. The number of fused-ring (bicyclic) bond motifs is 1. The molecule has 1 aliphatic rings. The Bertz CT molecular complexity index is 805. The Kier molecular flexibility index (Phi) is 4.71. The summed E-state index contributed by atoms with van der Waals surface area (Å²) >= 11 is 6.06. The molecule has 0 aliphatic carbocycles. The molecule has 0 aromatic heterocycles. The number of benzene rings is 2. The minimum Gasteiger partial charge on any atom is -0.491 e. The topological polar surface area (TPSA) is 67.4 Å². The van der Waals surface area contributed by atoms with Crippen molar-refractivity contribution in [2.45, 2.75) is 19.8 Å². The van der Waals surface area contributed by atoms with Gasteiger partial charge in [0.2, 0.25) is 11.8 Å². The van der Waals surface area contributed by atoms with Gasteiger partial charge in [0.1, 0.15) is 5.75 Å². The smallest absolute Gasteiger partial charge is 0.228 e. The fraction of sp³-hybridized carbons (Fsp3) is 0.222. The van der Waals surface area contributed by atoms with Gasteiger partial charge in [-0.15, -0.1) is 0 Å². The fourth-order valence-corrected chi connectivity index (χ4v) is 2.62. The number of hydrogen-bond acceptors (Lipinski definition) is 3. The number of hydrogen-bond donors (Lipinski definition) is 2. The molecule has 5 nitrogen and oxygen atoms in total. The molecule has 3 rings (SSSR count). The summed E-state index contributed by atoms with van der Waals surface area (Å²) in [6, 6.07) is 10.7. The Balaban J connectivity index is 1.70. The van der Waals surface area contributed by atoms with E-state index in [2.05, 4.69) is 10.6 Å². The zero-order valence-electron chi connectivity index (χ0n) is 13.2. The van der Waals surface area contributed by atoms with Gasteiger partial charge >= 0.3 is 0 Å². The van der Waals surface area contributed by atoms with E-state index in [-0.39, 0.29) is 18.2 Å². The molecule has 2 N–H and O–H groups in total. The lowest BCUT2D eigenvalue weighted by Crippen LogP contribution is -2.15. The van der Waals surface area contributed by atoms with Crippen LogP contribution >= 0.6 is 11.6 Å². The van der Waals surface area contributed by atoms with Gasteiger partial charge in [-0.2, -0.15) is 0 Å². The van der Waals surface area contributed by atoms with Crippen molar-refractivity contribution in [2.75, 3.05) is 17.2 Å². The van der Waals surface area contributed by atoms with Crippen molar-refractivity contribution in [2.24, 2.45) is 0 Å². The fourth-order valence-electron chi connectivity index (χ4n) is 2.44. The third-order valence-corrected chi connectivity index (χ3v) is 4.13. The normalized spacial score (nSPS) is 13.3. The maximum Gasteiger partial charge on any atom is 0.228 e. The van der Waals surface area contributed by atoms with Crippen molar-refractivity contribution in [3.63, 3.8) is 0 Å². The molecule has 0 fully saturated rings. The molecule has 0 radical (unpaired) electrons. The average Bonchev–Trinajstić information content (AvgIpc) is 2.71. The molecule has 0 spiro atoms. The van der Waals surface area contributed by atoms with Crippen molar-refractivity contribution >= 4 is 34.8 Å². The number of halogens is 1. The van der Waals surface area contributed by atoms with Crippen LogP contribution < -0.4 is 15.4 Å². The highest BCUT2D eigenvalue weighted by atomic mass is 35.5. The second kappa shape index (κ2) is 6.93. The van der Waals surface area contributed by atoms with E-state index in [0.29, 0.717) is 35.2 Å². The number of rotatable bonds is 3. The molecule has 2 aromatic carbocycles. The lowest BCUT2D eigenvalue weighted by molar-refractivity contribution is -0.116. The van der Waals surface area contributed by atoms with Crippen molar-refractivity contribution in [3.8, 4) is 5.75 Å². The predicted octanol–water partition coefficient (Wildman–Crippen LogP) is 3.55. The van der Waals surface area contributed by atoms with Crippen LogP contribution in [0.4, 0.5) is 11.4 Å². The van der Waals surface area contributed by atoms with E-state index in [1.807, 2.05) is 25.1 Å². The largest absolute Gasteiger partial charge is 0.491 e. The van der Waals surface area contributed by atoms with E-state index >= 15 is 0 Å². The number of ether oxygens (including phenoxy) is 1.